The monoisotopic (exact) mass is 447 g/mol. The lowest BCUT2D eigenvalue weighted by molar-refractivity contribution is -0.151. The summed E-state index contributed by atoms with van der Waals surface area (Å²) in [5.74, 6) is 1.45. The summed E-state index contributed by atoms with van der Waals surface area (Å²) < 4.78 is 17.0. The van der Waals surface area contributed by atoms with Gasteiger partial charge in [-0.3, -0.25) is 9.59 Å². The van der Waals surface area contributed by atoms with E-state index in [1.807, 2.05) is 48.5 Å². The molecule has 5 rings (SSSR count). The number of esters is 1. The van der Waals surface area contributed by atoms with Gasteiger partial charge in [-0.2, -0.15) is 0 Å². The second-order valence-corrected chi connectivity index (χ2v) is 8.98. The van der Waals surface area contributed by atoms with Gasteiger partial charge in [-0.25, -0.2) is 0 Å². The quantitative estimate of drug-likeness (QED) is 0.542. The molecule has 1 fully saturated rings. The molecule has 1 aliphatic carbocycles. The topological polar surface area (TPSA) is 69.0 Å². The third-order valence-electron chi connectivity index (χ3n) is 7.16. The lowest BCUT2D eigenvalue weighted by Gasteiger charge is -2.40. The van der Waals surface area contributed by atoms with Gasteiger partial charge in [-0.1, -0.05) is 30.3 Å². The van der Waals surface area contributed by atoms with Crippen LogP contribution in [0.4, 0.5) is 0 Å². The van der Waals surface area contributed by atoms with Crippen LogP contribution < -0.4 is 4.74 Å². The van der Waals surface area contributed by atoms with Gasteiger partial charge in [0.15, 0.2) is 6.61 Å². The molecule has 0 saturated carbocycles. The van der Waals surface area contributed by atoms with E-state index < -0.39 is 5.41 Å². The second kappa shape index (κ2) is 8.93. The van der Waals surface area contributed by atoms with Gasteiger partial charge < -0.3 is 18.8 Å². The van der Waals surface area contributed by atoms with Crippen molar-refractivity contribution in [3.63, 3.8) is 0 Å². The van der Waals surface area contributed by atoms with Crippen molar-refractivity contribution in [1.29, 1.82) is 0 Å². The number of benzene rings is 2. The number of fused-ring (bicyclic) bond motifs is 3. The van der Waals surface area contributed by atoms with Crippen LogP contribution >= 0.6 is 0 Å². The van der Waals surface area contributed by atoms with Gasteiger partial charge in [0, 0.05) is 30.5 Å². The van der Waals surface area contributed by atoms with Crippen molar-refractivity contribution in [2.45, 2.75) is 43.9 Å². The Morgan fingerprint density at radius 2 is 1.79 bits per heavy atom. The van der Waals surface area contributed by atoms with Gasteiger partial charge in [0.2, 0.25) is 0 Å². The van der Waals surface area contributed by atoms with Crippen LogP contribution in [-0.4, -0.2) is 43.6 Å². The number of nitrogens with zero attached hydrogens (tertiary/aromatic N) is 1. The second-order valence-electron chi connectivity index (χ2n) is 8.98. The van der Waals surface area contributed by atoms with E-state index in [-0.39, 0.29) is 18.5 Å². The first kappa shape index (κ1) is 21.6. The number of likely N-dealkylation sites (tertiary alicyclic amines) is 1. The first-order valence-corrected chi connectivity index (χ1v) is 11.7. The Kier molecular flexibility index (Phi) is 5.83. The molecule has 0 bridgehead atoms. The molecule has 6 heteroatoms. The number of carbonyl (C=O) groups excluding carboxylic acids is 2. The third-order valence-corrected chi connectivity index (χ3v) is 7.16. The number of rotatable bonds is 5. The molecule has 1 aromatic heterocycles. The van der Waals surface area contributed by atoms with Gasteiger partial charge in [0.1, 0.15) is 17.1 Å². The van der Waals surface area contributed by atoms with Crippen LogP contribution in [0, 0.1) is 0 Å². The van der Waals surface area contributed by atoms with Crippen molar-refractivity contribution in [3.8, 4) is 5.75 Å². The molecule has 1 aliphatic heterocycles. The number of methoxy groups -OCH3 is 1. The number of hydrogen-bond donors (Lipinski definition) is 0. The van der Waals surface area contributed by atoms with Crippen molar-refractivity contribution >= 4 is 22.8 Å². The first-order chi connectivity index (χ1) is 16.1. The molecule has 0 atom stereocenters. The molecule has 2 aliphatic rings. The first-order valence-electron chi connectivity index (χ1n) is 11.7. The fourth-order valence-electron chi connectivity index (χ4n) is 5.27. The van der Waals surface area contributed by atoms with E-state index in [0.717, 1.165) is 35.1 Å². The SMILES string of the molecule is COC(=O)C1(c2ccccc2)CCN(C(=O)COc2ccc3oc4c(c3c2)CCCC4)CC1. The highest BCUT2D eigenvalue weighted by molar-refractivity contribution is 5.85. The number of hydrogen-bond acceptors (Lipinski definition) is 5. The van der Waals surface area contributed by atoms with Crippen molar-refractivity contribution in [3.05, 3.63) is 65.4 Å². The maximum Gasteiger partial charge on any atom is 0.316 e. The largest absolute Gasteiger partial charge is 0.484 e. The summed E-state index contributed by atoms with van der Waals surface area (Å²) in [4.78, 5) is 27.4. The molecule has 0 N–H and O–H groups in total. The zero-order valence-corrected chi connectivity index (χ0v) is 19.0. The maximum atomic E-state index is 12.9. The molecule has 2 heterocycles. The Labute approximate surface area is 193 Å². The lowest BCUT2D eigenvalue weighted by Crippen LogP contribution is -2.50. The van der Waals surface area contributed by atoms with Crippen LogP contribution in [0.5, 0.6) is 5.75 Å². The third kappa shape index (κ3) is 3.99. The lowest BCUT2D eigenvalue weighted by atomic mass is 9.72. The number of furan rings is 1. The number of aryl methyl sites for hydroxylation is 2. The molecular weight excluding hydrogens is 418 g/mol. The average molecular weight is 448 g/mol. The fourth-order valence-corrected chi connectivity index (χ4v) is 5.27. The van der Waals surface area contributed by atoms with E-state index in [9.17, 15) is 9.59 Å². The van der Waals surface area contributed by atoms with E-state index in [1.54, 1.807) is 4.90 Å². The summed E-state index contributed by atoms with van der Waals surface area (Å²) in [6.45, 7) is 0.947. The summed E-state index contributed by atoms with van der Waals surface area (Å²) >= 11 is 0. The number of piperidine rings is 1. The standard InChI is InChI=1S/C27H29NO5/c1-31-26(30)27(19-7-3-2-4-8-19)13-15-28(16-14-27)25(29)18-32-20-11-12-24-22(17-20)21-9-5-6-10-23(21)33-24/h2-4,7-8,11-12,17H,5-6,9-10,13-16,18H2,1H3. The Balaban J connectivity index is 1.24. The van der Waals surface area contributed by atoms with Crippen molar-refractivity contribution < 1.29 is 23.5 Å². The highest BCUT2D eigenvalue weighted by Gasteiger charge is 2.44. The van der Waals surface area contributed by atoms with Crippen molar-refractivity contribution in [2.75, 3.05) is 26.8 Å². The Morgan fingerprint density at radius 1 is 1.03 bits per heavy atom. The molecule has 1 amide bonds. The molecule has 1 saturated heterocycles. The predicted molar refractivity (Wildman–Crippen MR) is 124 cm³/mol. The van der Waals surface area contributed by atoms with E-state index >= 15 is 0 Å². The molecular formula is C27H29NO5. The Morgan fingerprint density at radius 3 is 2.55 bits per heavy atom. The molecule has 2 aromatic carbocycles. The zero-order chi connectivity index (χ0) is 22.8. The molecule has 3 aromatic rings. The van der Waals surface area contributed by atoms with Gasteiger partial charge in [-0.15, -0.1) is 0 Å². The summed E-state index contributed by atoms with van der Waals surface area (Å²) in [6.07, 6.45) is 5.43. The zero-order valence-electron chi connectivity index (χ0n) is 19.0. The van der Waals surface area contributed by atoms with Gasteiger partial charge in [0.05, 0.1) is 12.5 Å². The van der Waals surface area contributed by atoms with E-state index in [2.05, 4.69) is 0 Å². The maximum absolute atomic E-state index is 12.9. The normalized spacial score (nSPS) is 17.4. The summed E-state index contributed by atoms with van der Waals surface area (Å²) in [7, 11) is 1.42. The summed E-state index contributed by atoms with van der Waals surface area (Å²) in [5.41, 5.74) is 2.40. The molecule has 6 nitrogen and oxygen atoms in total. The minimum absolute atomic E-state index is 0.0257. The van der Waals surface area contributed by atoms with Crippen LogP contribution in [0.1, 0.15) is 42.6 Å². The highest BCUT2D eigenvalue weighted by atomic mass is 16.5. The van der Waals surface area contributed by atoms with Crippen LogP contribution in [0.25, 0.3) is 11.0 Å². The van der Waals surface area contributed by atoms with Crippen molar-refractivity contribution in [1.82, 2.24) is 4.90 Å². The van der Waals surface area contributed by atoms with Gasteiger partial charge in [-0.05, 0) is 55.9 Å². The van der Waals surface area contributed by atoms with Gasteiger partial charge >= 0.3 is 5.97 Å². The average Bonchev–Trinajstić information content (AvgIpc) is 3.25. The minimum atomic E-state index is -0.709. The van der Waals surface area contributed by atoms with Crippen molar-refractivity contribution in [2.24, 2.45) is 0 Å². The predicted octanol–water partition coefficient (Wildman–Crippen LogP) is 4.42. The van der Waals surface area contributed by atoms with E-state index in [1.165, 1.54) is 25.5 Å². The van der Waals surface area contributed by atoms with Crippen LogP contribution in [-0.2, 0) is 32.6 Å². The summed E-state index contributed by atoms with van der Waals surface area (Å²) in [6, 6.07) is 15.5. The molecule has 0 radical (unpaired) electrons. The number of carbonyl (C=O) groups is 2. The number of amides is 1. The smallest absolute Gasteiger partial charge is 0.316 e. The van der Waals surface area contributed by atoms with Gasteiger partial charge in [0.25, 0.3) is 5.91 Å². The van der Waals surface area contributed by atoms with E-state index in [0.29, 0.717) is 31.7 Å². The fraction of sp³-hybridized carbons (Fsp3) is 0.407. The van der Waals surface area contributed by atoms with Crippen LogP contribution in [0.2, 0.25) is 0 Å². The molecule has 0 unspecified atom stereocenters. The summed E-state index contributed by atoms with van der Waals surface area (Å²) in [5, 5.41) is 1.10. The van der Waals surface area contributed by atoms with Crippen LogP contribution in [0.15, 0.2) is 52.9 Å². The minimum Gasteiger partial charge on any atom is -0.484 e. The Bertz CT molecular complexity index is 1160. The van der Waals surface area contributed by atoms with Crippen LogP contribution in [0.3, 0.4) is 0 Å². The van der Waals surface area contributed by atoms with E-state index in [4.69, 9.17) is 13.9 Å². The molecule has 0 spiro atoms. The Hall–Kier alpha value is -3.28. The molecule has 172 valence electrons. The molecule has 33 heavy (non-hydrogen) atoms. The highest BCUT2D eigenvalue weighted by Crippen LogP contribution is 2.37. The number of ether oxygens (including phenoxy) is 2.